The molecule has 0 aliphatic carbocycles. The van der Waals surface area contributed by atoms with Crippen LogP contribution in [0.3, 0.4) is 0 Å². The number of likely N-dealkylation sites (tertiary alicyclic amines) is 1. The molecule has 2 saturated heterocycles. The number of hydrogen-bond donors (Lipinski definition) is 1. The standard InChI is InChI=1S/C16H30N4O5S/c1-13(2)18-5-3-14(4-6-18)20(26(23,24)12-15(17)21)11-16(22)19-7-9-25-10-8-19/h13-14H,3-12H2,1-2H3,(H2,17,21). The minimum absolute atomic E-state index is 0.248. The van der Waals surface area contributed by atoms with Gasteiger partial charge in [0.25, 0.3) is 0 Å². The number of carbonyl (C=O) groups is 2. The number of sulfonamides is 1. The Morgan fingerprint density at radius 1 is 1.15 bits per heavy atom. The first kappa shape index (κ1) is 21.1. The summed E-state index contributed by atoms with van der Waals surface area (Å²) < 4.78 is 31.8. The summed E-state index contributed by atoms with van der Waals surface area (Å²) in [6, 6.07) is 0.0981. The van der Waals surface area contributed by atoms with Gasteiger partial charge < -0.3 is 20.3 Å². The van der Waals surface area contributed by atoms with Crippen molar-refractivity contribution in [2.75, 3.05) is 51.7 Å². The molecule has 2 heterocycles. The Kier molecular flexibility index (Phi) is 7.39. The lowest BCUT2D eigenvalue weighted by molar-refractivity contribution is -0.136. The molecule has 2 rings (SSSR count). The van der Waals surface area contributed by atoms with Crippen LogP contribution in [0.15, 0.2) is 0 Å². The van der Waals surface area contributed by atoms with Gasteiger partial charge in [-0.2, -0.15) is 4.31 Å². The van der Waals surface area contributed by atoms with E-state index in [1.165, 1.54) is 4.31 Å². The van der Waals surface area contributed by atoms with Crippen molar-refractivity contribution in [1.82, 2.24) is 14.1 Å². The molecule has 2 fully saturated rings. The Balaban J connectivity index is 2.11. The lowest BCUT2D eigenvalue weighted by Crippen LogP contribution is -2.54. The Morgan fingerprint density at radius 3 is 2.23 bits per heavy atom. The molecule has 10 heteroatoms. The summed E-state index contributed by atoms with van der Waals surface area (Å²) in [5, 5.41) is 0. The number of ether oxygens (including phenoxy) is 1. The molecule has 0 aromatic carbocycles. The summed E-state index contributed by atoms with van der Waals surface area (Å²) in [7, 11) is -3.93. The highest BCUT2D eigenvalue weighted by Gasteiger charge is 2.36. The van der Waals surface area contributed by atoms with Crippen molar-refractivity contribution in [3.8, 4) is 0 Å². The quantitative estimate of drug-likeness (QED) is 0.586. The number of carbonyl (C=O) groups excluding carboxylic acids is 2. The zero-order valence-electron chi connectivity index (χ0n) is 15.6. The van der Waals surface area contributed by atoms with E-state index in [2.05, 4.69) is 18.7 Å². The highest BCUT2D eigenvalue weighted by atomic mass is 32.2. The number of morpholine rings is 1. The van der Waals surface area contributed by atoms with Crippen LogP contribution >= 0.6 is 0 Å². The van der Waals surface area contributed by atoms with Gasteiger partial charge in [0, 0.05) is 25.2 Å². The fourth-order valence-corrected chi connectivity index (χ4v) is 4.95. The third kappa shape index (κ3) is 5.63. The molecule has 9 nitrogen and oxygen atoms in total. The van der Waals surface area contributed by atoms with Crippen LogP contribution in [0.4, 0.5) is 0 Å². The average Bonchev–Trinajstić information content (AvgIpc) is 2.59. The van der Waals surface area contributed by atoms with Crippen LogP contribution < -0.4 is 5.73 Å². The van der Waals surface area contributed by atoms with Crippen molar-refractivity contribution >= 4 is 21.8 Å². The summed E-state index contributed by atoms with van der Waals surface area (Å²) in [5.41, 5.74) is 5.12. The highest BCUT2D eigenvalue weighted by molar-refractivity contribution is 7.89. The number of nitrogens with two attached hydrogens (primary N) is 1. The molecule has 0 aromatic heterocycles. The fourth-order valence-electron chi connectivity index (χ4n) is 3.45. The summed E-state index contributed by atoms with van der Waals surface area (Å²) in [4.78, 5) is 27.7. The van der Waals surface area contributed by atoms with Crippen LogP contribution in [0.2, 0.25) is 0 Å². The summed E-state index contributed by atoms with van der Waals surface area (Å²) >= 11 is 0. The van der Waals surface area contributed by atoms with Gasteiger partial charge in [0.05, 0.1) is 19.8 Å². The summed E-state index contributed by atoms with van der Waals surface area (Å²) in [5.74, 6) is -1.94. The van der Waals surface area contributed by atoms with Gasteiger partial charge in [0.2, 0.25) is 21.8 Å². The molecule has 2 N–H and O–H groups in total. The van der Waals surface area contributed by atoms with Gasteiger partial charge >= 0.3 is 0 Å². The second-order valence-electron chi connectivity index (χ2n) is 7.12. The molecule has 2 amide bonds. The lowest BCUT2D eigenvalue weighted by atomic mass is 10.0. The van der Waals surface area contributed by atoms with Crippen LogP contribution in [0.5, 0.6) is 0 Å². The van der Waals surface area contributed by atoms with Crippen LogP contribution in [0.1, 0.15) is 26.7 Å². The van der Waals surface area contributed by atoms with Crippen LogP contribution in [0.25, 0.3) is 0 Å². The monoisotopic (exact) mass is 390 g/mol. The molecule has 0 atom stereocenters. The average molecular weight is 391 g/mol. The first-order valence-electron chi connectivity index (χ1n) is 9.08. The third-order valence-electron chi connectivity index (χ3n) is 4.97. The van der Waals surface area contributed by atoms with Crippen molar-refractivity contribution in [2.24, 2.45) is 5.73 Å². The van der Waals surface area contributed by atoms with Crippen molar-refractivity contribution in [3.05, 3.63) is 0 Å². The number of amides is 2. The van der Waals surface area contributed by atoms with Gasteiger partial charge in [0.15, 0.2) is 0 Å². The minimum Gasteiger partial charge on any atom is -0.378 e. The van der Waals surface area contributed by atoms with Crippen molar-refractivity contribution in [2.45, 2.75) is 38.8 Å². The second-order valence-corrected chi connectivity index (χ2v) is 9.04. The number of primary amides is 1. The van der Waals surface area contributed by atoms with Gasteiger partial charge in [-0.3, -0.25) is 9.59 Å². The maximum Gasteiger partial charge on any atom is 0.238 e. The first-order chi connectivity index (χ1) is 12.2. The van der Waals surface area contributed by atoms with E-state index in [1.54, 1.807) is 4.90 Å². The third-order valence-corrected chi connectivity index (χ3v) is 6.76. The lowest BCUT2D eigenvalue weighted by Gasteiger charge is -2.39. The zero-order chi connectivity index (χ0) is 19.3. The predicted octanol–water partition coefficient (Wildman–Crippen LogP) is -1.16. The van der Waals surface area contributed by atoms with Crippen molar-refractivity contribution < 1.29 is 22.7 Å². The van der Waals surface area contributed by atoms with Crippen LogP contribution in [-0.2, 0) is 24.3 Å². The highest BCUT2D eigenvalue weighted by Crippen LogP contribution is 2.21. The second kappa shape index (κ2) is 9.12. The van der Waals surface area contributed by atoms with Crippen LogP contribution in [0, 0.1) is 0 Å². The first-order valence-corrected chi connectivity index (χ1v) is 10.7. The van der Waals surface area contributed by atoms with E-state index in [9.17, 15) is 18.0 Å². The van der Waals surface area contributed by atoms with Gasteiger partial charge in [-0.15, -0.1) is 0 Å². The molecule has 2 aliphatic heterocycles. The number of nitrogens with zero attached hydrogens (tertiary/aromatic N) is 3. The molecular formula is C16H30N4O5S. The van der Waals surface area contributed by atoms with Gasteiger partial charge in [-0.05, 0) is 39.8 Å². The topological polar surface area (TPSA) is 113 Å². The molecule has 150 valence electrons. The molecule has 2 aliphatic rings. The smallest absolute Gasteiger partial charge is 0.238 e. The summed E-state index contributed by atoms with van der Waals surface area (Å²) in [6.45, 7) is 7.28. The van der Waals surface area contributed by atoms with E-state index >= 15 is 0 Å². The Morgan fingerprint density at radius 2 is 1.73 bits per heavy atom. The Bertz CT molecular complexity index is 596. The fraction of sp³-hybridized carbons (Fsp3) is 0.875. The van der Waals surface area contributed by atoms with E-state index in [0.29, 0.717) is 45.2 Å². The maximum atomic E-state index is 12.7. The molecular weight excluding hydrogens is 360 g/mol. The van der Waals surface area contributed by atoms with Crippen molar-refractivity contribution in [1.29, 1.82) is 0 Å². The summed E-state index contributed by atoms with van der Waals surface area (Å²) in [6.07, 6.45) is 1.26. The molecule has 0 radical (unpaired) electrons. The zero-order valence-corrected chi connectivity index (χ0v) is 16.4. The Hall–Kier alpha value is -1.23. The number of rotatable bonds is 7. The largest absolute Gasteiger partial charge is 0.378 e. The maximum absolute atomic E-state index is 12.7. The van der Waals surface area contributed by atoms with Crippen molar-refractivity contribution in [3.63, 3.8) is 0 Å². The predicted molar refractivity (Wildman–Crippen MR) is 96.8 cm³/mol. The van der Waals surface area contributed by atoms with E-state index in [0.717, 1.165) is 13.1 Å². The van der Waals surface area contributed by atoms with Crippen LogP contribution in [-0.4, -0.2) is 98.1 Å². The van der Waals surface area contributed by atoms with Gasteiger partial charge in [0.1, 0.15) is 5.75 Å². The van der Waals surface area contributed by atoms with Gasteiger partial charge in [-0.25, -0.2) is 8.42 Å². The molecule has 0 spiro atoms. The molecule has 0 aromatic rings. The number of piperidine rings is 1. The van der Waals surface area contributed by atoms with Gasteiger partial charge in [-0.1, -0.05) is 0 Å². The van der Waals surface area contributed by atoms with E-state index < -0.39 is 21.7 Å². The molecule has 0 bridgehead atoms. The van der Waals surface area contributed by atoms with E-state index in [-0.39, 0.29) is 18.5 Å². The number of hydrogen-bond acceptors (Lipinski definition) is 6. The normalized spacial score (nSPS) is 20.7. The SMILES string of the molecule is CC(C)N1CCC(N(CC(=O)N2CCOCC2)S(=O)(=O)CC(N)=O)CC1. The molecule has 0 saturated carbocycles. The molecule has 26 heavy (non-hydrogen) atoms. The van der Waals surface area contributed by atoms with E-state index in [1.807, 2.05) is 0 Å². The van der Waals surface area contributed by atoms with E-state index in [4.69, 9.17) is 10.5 Å². The molecule has 0 unspecified atom stereocenters. The minimum atomic E-state index is -3.93. The Labute approximate surface area is 155 Å².